The summed E-state index contributed by atoms with van der Waals surface area (Å²) in [5.41, 5.74) is 2.63. The first-order valence-electron chi connectivity index (χ1n) is 7.30. The minimum Gasteiger partial charge on any atom is -0.371 e. The van der Waals surface area contributed by atoms with E-state index in [2.05, 4.69) is 43.2 Å². The van der Waals surface area contributed by atoms with Gasteiger partial charge in [0.05, 0.1) is 0 Å². The number of hydrogen-bond donors (Lipinski definition) is 1. The molecule has 1 aromatic rings. The van der Waals surface area contributed by atoms with E-state index in [1.165, 1.54) is 30.5 Å². The Bertz CT molecular complexity index is 413. The summed E-state index contributed by atoms with van der Waals surface area (Å²) in [5.74, 6) is 0.681. The maximum atomic E-state index is 6.16. The summed E-state index contributed by atoms with van der Waals surface area (Å²) < 4.78 is 0. The second-order valence-electron chi connectivity index (χ2n) is 5.99. The zero-order chi connectivity index (χ0) is 13.8. The van der Waals surface area contributed by atoms with Crippen LogP contribution in [-0.4, -0.2) is 19.6 Å². The molecule has 0 aromatic heterocycles. The topological polar surface area (TPSA) is 15.3 Å². The molecule has 0 heterocycles. The summed E-state index contributed by atoms with van der Waals surface area (Å²) in [6, 6.07) is 6.95. The predicted molar refractivity (Wildman–Crippen MR) is 84.0 cm³/mol. The van der Waals surface area contributed by atoms with Crippen molar-refractivity contribution in [3.63, 3.8) is 0 Å². The van der Waals surface area contributed by atoms with Crippen LogP contribution in [0.2, 0.25) is 5.02 Å². The van der Waals surface area contributed by atoms with Gasteiger partial charge in [0.25, 0.3) is 0 Å². The van der Waals surface area contributed by atoms with Gasteiger partial charge in [0, 0.05) is 30.3 Å². The molecular weight excluding hydrogens is 256 g/mol. The minimum atomic E-state index is 0.681. The normalized spacial score (nSPS) is 15.6. The molecule has 0 radical (unpaired) electrons. The monoisotopic (exact) mass is 280 g/mol. The van der Waals surface area contributed by atoms with E-state index in [0.29, 0.717) is 12.0 Å². The molecule has 0 atom stereocenters. The number of anilines is 1. The SMILES string of the molecule is CC(C)CNCc1ccc(Cl)cc1N(C)C1CCC1. The number of hydrogen-bond acceptors (Lipinski definition) is 2. The van der Waals surface area contributed by atoms with Crippen LogP contribution in [-0.2, 0) is 6.54 Å². The molecule has 0 aliphatic heterocycles. The van der Waals surface area contributed by atoms with Crippen molar-refractivity contribution in [2.24, 2.45) is 5.92 Å². The quantitative estimate of drug-likeness (QED) is 0.845. The van der Waals surface area contributed by atoms with Gasteiger partial charge in [0.1, 0.15) is 0 Å². The van der Waals surface area contributed by atoms with E-state index in [0.717, 1.165) is 18.1 Å². The molecule has 2 rings (SSSR count). The van der Waals surface area contributed by atoms with Crippen LogP contribution >= 0.6 is 11.6 Å². The lowest BCUT2D eigenvalue weighted by Crippen LogP contribution is -2.38. The molecule has 0 bridgehead atoms. The number of nitrogens with zero attached hydrogens (tertiary/aromatic N) is 1. The average Bonchev–Trinajstić information content (AvgIpc) is 2.28. The summed E-state index contributed by atoms with van der Waals surface area (Å²) in [6.07, 6.45) is 3.97. The first-order valence-corrected chi connectivity index (χ1v) is 7.67. The molecule has 106 valence electrons. The molecule has 1 aromatic carbocycles. The van der Waals surface area contributed by atoms with Crippen molar-refractivity contribution in [2.75, 3.05) is 18.5 Å². The summed E-state index contributed by atoms with van der Waals surface area (Å²) in [5, 5.41) is 4.35. The lowest BCUT2D eigenvalue weighted by atomic mass is 9.91. The summed E-state index contributed by atoms with van der Waals surface area (Å²) >= 11 is 6.16. The van der Waals surface area contributed by atoms with Crippen LogP contribution in [0.15, 0.2) is 18.2 Å². The highest BCUT2D eigenvalue weighted by atomic mass is 35.5. The molecule has 1 aliphatic carbocycles. The number of halogens is 1. The highest BCUT2D eigenvalue weighted by Crippen LogP contribution is 2.32. The fraction of sp³-hybridized carbons (Fsp3) is 0.625. The van der Waals surface area contributed by atoms with E-state index in [4.69, 9.17) is 11.6 Å². The van der Waals surface area contributed by atoms with E-state index in [1.807, 2.05) is 6.07 Å². The standard InChI is InChI=1S/C16H25ClN2/c1-12(2)10-18-11-13-7-8-14(17)9-16(13)19(3)15-5-4-6-15/h7-9,12,15,18H,4-6,10-11H2,1-3H3. The van der Waals surface area contributed by atoms with E-state index in [1.54, 1.807) is 0 Å². The van der Waals surface area contributed by atoms with Crippen molar-refractivity contribution in [2.45, 2.75) is 45.7 Å². The molecule has 1 fully saturated rings. The Hall–Kier alpha value is -0.730. The van der Waals surface area contributed by atoms with Crippen LogP contribution < -0.4 is 10.2 Å². The second kappa shape index (κ2) is 6.62. The molecule has 19 heavy (non-hydrogen) atoms. The lowest BCUT2D eigenvalue weighted by Gasteiger charge is -2.37. The Morgan fingerprint density at radius 3 is 2.68 bits per heavy atom. The van der Waals surface area contributed by atoms with Crippen LogP contribution in [0.1, 0.15) is 38.7 Å². The van der Waals surface area contributed by atoms with Gasteiger partial charge >= 0.3 is 0 Å². The van der Waals surface area contributed by atoms with Crippen molar-refractivity contribution >= 4 is 17.3 Å². The van der Waals surface area contributed by atoms with Crippen molar-refractivity contribution in [3.05, 3.63) is 28.8 Å². The van der Waals surface area contributed by atoms with Crippen molar-refractivity contribution in [3.8, 4) is 0 Å². The van der Waals surface area contributed by atoms with Gasteiger partial charge < -0.3 is 10.2 Å². The van der Waals surface area contributed by atoms with Crippen molar-refractivity contribution in [1.82, 2.24) is 5.32 Å². The van der Waals surface area contributed by atoms with Crippen LogP contribution in [0.4, 0.5) is 5.69 Å². The molecule has 0 saturated heterocycles. The van der Waals surface area contributed by atoms with Crippen molar-refractivity contribution in [1.29, 1.82) is 0 Å². The average molecular weight is 281 g/mol. The van der Waals surface area contributed by atoms with Gasteiger partial charge in [-0.3, -0.25) is 0 Å². The summed E-state index contributed by atoms with van der Waals surface area (Å²) in [4.78, 5) is 2.40. The third-order valence-corrected chi connectivity index (χ3v) is 4.15. The van der Waals surface area contributed by atoms with Gasteiger partial charge in [0.15, 0.2) is 0 Å². The number of nitrogens with one attached hydrogen (secondary N) is 1. The third kappa shape index (κ3) is 3.87. The Morgan fingerprint density at radius 1 is 1.37 bits per heavy atom. The molecule has 3 heteroatoms. The largest absolute Gasteiger partial charge is 0.371 e. The van der Waals surface area contributed by atoms with E-state index in [-0.39, 0.29) is 0 Å². The highest BCUT2D eigenvalue weighted by Gasteiger charge is 2.23. The van der Waals surface area contributed by atoms with Crippen LogP contribution in [0.3, 0.4) is 0 Å². The van der Waals surface area contributed by atoms with E-state index < -0.39 is 0 Å². The number of rotatable bonds is 6. The molecule has 1 N–H and O–H groups in total. The fourth-order valence-electron chi connectivity index (χ4n) is 2.48. The Kier molecular flexibility index (Phi) is 5.12. The smallest absolute Gasteiger partial charge is 0.0426 e. The van der Waals surface area contributed by atoms with Crippen LogP contribution in [0, 0.1) is 5.92 Å². The maximum Gasteiger partial charge on any atom is 0.0426 e. The first kappa shape index (κ1) is 14.7. The van der Waals surface area contributed by atoms with E-state index >= 15 is 0 Å². The van der Waals surface area contributed by atoms with E-state index in [9.17, 15) is 0 Å². The van der Waals surface area contributed by atoms with Gasteiger partial charge in [-0.1, -0.05) is 31.5 Å². The molecular formula is C16H25ClN2. The van der Waals surface area contributed by atoms with Crippen molar-refractivity contribution < 1.29 is 0 Å². The Balaban J connectivity index is 2.08. The second-order valence-corrected chi connectivity index (χ2v) is 6.43. The van der Waals surface area contributed by atoms with Gasteiger partial charge in [-0.15, -0.1) is 0 Å². The summed E-state index contributed by atoms with van der Waals surface area (Å²) in [7, 11) is 2.20. The fourth-order valence-corrected chi connectivity index (χ4v) is 2.65. The van der Waals surface area contributed by atoms with Gasteiger partial charge in [-0.05, 0) is 49.4 Å². The molecule has 2 nitrogen and oxygen atoms in total. The Morgan fingerprint density at radius 2 is 2.11 bits per heavy atom. The summed E-state index contributed by atoms with van der Waals surface area (Å²) in [6.45, 7) is 6.43. The zero-order valence-corrected chi connectivity index (χ0v) is 13.0. The van der Waals surface area contributed by atoms with Crippen LogP contribution in [0.5, 0.6) is 0 Å². The minimum absolute atomic E-state index is 0.681. The number of benzene rings is 1. The predicted octanol–water partition coefficient (Wildman–Crippen LogP) is 4.07. The Labute approximate surface area is 122 Å². The molecule has 0 spiro atoms. The van der Waals surface area contributed by atoms with Gasteiger partial charge in [0.2, 0.25) is 0 Å². The van der Waals surface area contributed by atoms with Gasteiger partial charge in [-0.25, -0.2) is 0 Å². The molecule has 0 amide bonds. The first-order chi connectivity index (χ1) is 9.08. The lowest BCUT2D eigenvalue weighted by molar-refractivity contribution is 0.400. The zero-order valence-electron chi connectivity index (χ0n) is 12.2. The van der Waals surface area contributed by atoms with Gasteiger partial charge in [-0.2, -0.15) is 0 Å². The maximum absolute atomic E-state index is 6.16. The highest BCUT2D eigenvalue weighted by molar-refractivity contribution is 6.30. The third-order valence-electron chi connectivity index (χ3n) is 3.92. The molecule has 1 saturated carbocycles. The molecule has 0 unspecified atom stereocenters. The van der Waals surface area contributed by atoms with Crippen LogP contribution in [0.25, 0.3) is 0 Å². The molecule has 1 aliphatic rings.